The van der Waals surface area contributed by atoms with E-state index in [9.17, 15) is 19.2 Å². The first-order valence-corrected chi connectivity index (χ1v) is 23.6. The Labute approximate surface area is 317 Å². The fourth-order valence-corrected chi connectivity index (χ4v) is 12.9. The van der Waals surface area contributed by atoms with Gasteiger partial charge in [-0.2, -0.15) is 0 Å². The van der Waals surface area contributed by atoms with E-state index in [1.165, 1.54) is 5.56 Å². The molecule has 3 unspecified atom stereocenters. The molecule has 1 spiro atoms. The zero-order valence-corrected chi connectivity index (χ0v) is 33.7. The van der Waals surface area contributed by atoms with Crippen molar-refractivity contribution in [1.29, 1.82) is 0 Å². The molecule has 0 saturated carbocycles. The lowest BCUT2D eigenvalue weighted by Crippen LogP contribution is -2.59. The average Bonchev–Trinajstić information content (AvgIpc) is 3.68. The molecule has 2 saturated heterocycles. The lowest BCUT2D eigenvalue weighted by molar-refractivity contribution is -0.275. The Hall–Kier alpha value is -2.86. The lowest BCUT2D eigenvalue weighted by Gasteiger charge is -2.55. The first-order valence-electron chi connectivity index (χ1n) is 19.4. The molecule has 53 heavy (non-hydrogen) atoms. The van der Waals surface area contributed by atoms with E-state index in [1.807, 2.05) is 42.7 Å². The van der Waals surface area contributed by atoms with Crippen LogP contribution in [0.4, 0.5) is 0 Å². The molecule has 4 bridgehead atoms. The molecule has 7 rings (SSSR count). The summed E-state index contributed by atoms with van der Waals surface area (Å²) in [6.07, 6.45) is 9.24. The van der Waals surface area contributed by atoms with E-state index >= 15 is 0 Å². The number of fused-ring (bicyclic) bond motifs is 2. The van der Waals surface area contributed by atoms with Crippen LogP contribution in [0.2, 0.25) is 18.1 Å². The van der Waals surface area contributed by atoms with E-state index in [1.54, 1.807) is 12.1 Å². The Morgan fingerprint density at radius 1 is 0.981 bits per heavy atom. The molecule has 0 amide bonds. The number of hydrogen-bond donors (Lipinski definition) is 2. The molecule has 2 aromatic carbocycles. The van der Waals surface area contributed by atoms with Crippen molar-refractivity contribution in [2.45, 2.75) is 125 Å². The maximum Gasteiger partial charge on any atom is 0.308 e. The van der Waals surface area contributed by atoms with Gasteiger partial charge in [0.05, 0.1) is 53.6 Å². The molecule has 10 heteroatoms. The minimum absolute atomic E-state index is 0.0290. The van der Waals surface area contributed by atoms with Crippen LogP contribution in [0, 0.1) is 17.3 Å². The number of hydrogen-bond acceptors (Lipinski definition) is 8. The van der Waals surface area contributed by atoms with Gasteiger partial charge in [-0.1, -0.05) is 108 Å². The number of cyclic esters (lactones) is 1. The minimum atomic E-state index is -2.29. The van der Waals surface area contributed by atoms with E-state index in [0.717, 1.165) is 48.6 Å². The molecule has 2 fully saturated rings. The summed E-state index contributed by atoms with van der Waals surface area (Å²) in [5.41, 5.74) is 1.47. The minimum Gasteiger partial charge on any atom is -0.474 e. The number of ether oxygens (including phenoxy) is 3. The first-order chi connectivity index (χ1) is 25.3. The molecule has 286 valence electrons. The van der Waals surface area contributed by atoms with Crippen LogP contribution in [0.3, 0.4) is 0 Å². The zero-order chi connectivity index (χ0) is 37.6. The van der Waals surface area contributed by atoms with Gasteiger partial charge in [0, 0.05) is 23.0 Å². The Morgan fingerprint density at radius 2 is 1.68 bits per heavy atom. The highest BCUT2D eigenvalue weighted by atomic mass is 32.2. The Balaban J connectivity index is 1.26. The van der Waals surface area contributed by atoms with Gasteiger partial charge in [0.15, 0.2) is 11.2 Å². The van der Waals surface area contributed by atoms with Gasteiger partial charge in [0.1, 0.15) is 8.07 Å². The number of aliphatic hydroxyl groups excluding tert-OH is 1. The number of carbonyl (C=O) groups excluding carboxylic acids is 1. The summed E-state index contributed by atoms with van der Waals surface area (Å²) in [4.78, 5) is 14.2. The molecule has 4 aliphatic rings. The van der Waals surface area contributed by atoms with Crippen LogP contribution in [0.5, 0.6) is 0 Å². The number of unbranched alkanes of at least 4 members (excludes halogenated alkanes) is 3. The molecule has 8 atom stereocenters. The van der Waals surface area contributed by atoms with Crippen molar-refractivity contribution in [2.24, 2.45) is 17.3 Å². The highest BCUT2D eigenvalue weighted by molar-refractivity contribution is 7.85. The van der Waals surface area contributed by atoms with Gasteiger partial charge in [-0.25, -0.2) is 0 Å². The van der Waals surface area contributed by atoms with E-state index in [2.05, 4.69) is 52.1 Å². The van der Waals surface area contributed by atoms with Gasteiger partial charge in [0.25, 0.3) is 0 Å². The topological polar surface area (TPSA) is 115 Å². The van der Waals surface area contributed by atoms with E-state index in [0.29, 0.717) is 36.5 Å². The van der Waals surface area contributed by atoms with Crippen molar-refractivity contribution in [3.05, 3.63) is 95.3 Å². The molecule has 3 heterocycles. The van der Waals surface area contributed by atoms with Crippen molar-refractivity contribution in [3.63, 3.8) is 0 Å². The Bertz CT molecular complexity index is 1820. The summed E-state index contributed by atoms with van der Waals surface area (Å²) in [6, 6.07) is 19.4. The van der Waals surface area contributed by atoms with E-state index < -0.39 is 53.5 Å². The van der Waals surface area contributed by atoms with Gasteiger partial charge < -0.3 is 28.8 Å². The molecule has 2 aliphatic carbocycles. The van der Waals surface area contributed by atoms with Gasteiger partial charge in [-0.3, -0.25) is 9.00 Å². The van der Waals surface area contributed by atoms with Gasteiger partial charge in [0.2, 0.25) is 0 Å². The van der Waals surface area contributed by atoms with Crippen molar-refractivity contribution in [2.75, 3.05) is 13.2 Å². The highest BCUT2D eigenvalue weighted by Crippen LogP contribution is 2.65. The van der Waals surface area contributed by atoms with Crippen molar-refractivity contribution >= 4 is 30.2 Å². The summed E-state index contributed by atoms with van der Waals surface area (Å²) >= 11 is 0. The van der Waals surface area contributed by atoms with E-state index in [-0.39, 0.29) is 29.9 Å². The van der Waals surface area contributed by atoms with Crippen LogP contribution in [0.1, 0.15) is 88.3 Å². The van der Waals surface area contributed by atoms with Crippen LogP contribution in [0.25, 0.3) is 0 Å². The summed E-state index contributed by atoms with van der Waals surface area (Å²) in [6.45, 7) is 12.5. The number of esters is 1. The Kier molecular flexibility index (Phi) is 10.9. The summed E-state index contributed by atoms with van der Waals surface area (Å²) in [5.74, 6) is -2.74. The predicted molar refractivity (Wildman–Crippen MR) is 208 cm³/mol. The molecule has 3 aromatic rings. The Morgan fingerprint density at radius 3 is 2.38 bits per heavy atom. The summed E-state index contributed by atoms with van der Waals surface area (Å²) in [5, 5.41) is 24.6. The SMILES string of the molecule is CC(C)(C)[Si](C)(C)c1occ2c1C[C@@]1(CC(=O)OC1S(=O)c1ccccc1)C1=C[C@@H](CCCCCCOCc3ccccc3)[C@@H]3CC(CO)O[C@@]1(O)[C@H]23. The van der Waals surface area contributed by atoms with Gasteiger partial charge >= 0.3 is 5.97 Å². The molecule has 2 N–H and O–H groups in total. The maximum absolute atomic E-state index is 14.6. The summed E-state index contributed by atoms with van der Waals surface area (Å²) in [7, 11) is -4.04. The lowest BCUT2D eigenvalue weighted by atomic mass is 9.59. The number of aliphatic hydroxyl groups is 2. The molecule has 8 nitrogen and oxygen atoms in total. The first kappa shape index (κ1) is 38.4. The van der Waals surface area contributed by atoms with Crippen LogP contribution < -0.4 is 5.38 Å². The second-order valence-electron chi connectivity index (χ2n) is 17.3. The molecular weight excluding hydrogens is 705 g/mol. The van der Waals surface area contributed by atoms with Crippen LogP contribution in [-0.2, 0) is 42.8 Å². The summed E-state index contributed by atoms with van der Waals surface area (Å²) < 4.78 is 39.9. The largest absolute Gasteiger partial charge is 0.474 e. The number of allylic oxidation sites excluding steroid dienone is 1. The highest BCUT2D eigenvalue weighted by Gasteiger charge is 2.68. The second kappa shape index (κ2) is 15.0. The monoisotopic (exact) mass is 760 g/mol. The van der Waals surface area contributed by atoms with Crippen molar-refractivity contribution < 1.29 is 37.8 Å². The second-order valence-corrected chi connectivity index (χ2v) is 24.0. The third-order valence-electron chi connectivity index (χ3n) is 13.0. The number of carbonyl (C=O) groups is 1. The third-order valence-corrected chi connectivity index (χ3v) is 20.0. The predicted octanol–water partition coefficient (Wildman–Crippen LogP) is 7.51. The number of benzene rings is 2. The average molecular weight is 761 g/mol. The third kappa shape index (κ3) is 6.97. The quantitative estimate of drug-likeness (QED) is 0.0797. The smallest absolute Gasteiger partial charge is 0.308 e. The van der Waals surface area contributed by atoms with Gasteiger partial charge in [-0.05, 0) is 71.4 Å². The maximum atomic E-state index is 14.6. The number of furan rings is 1. The van der Waals surface area contributed by atoms with Crippen LogP contribution in [0.15, 0.2) is 87.9 Å². The zero-order valence-electron chi connectivity index (χ0n) is 31.8. The van der Waals surface area contributed by atoms with E-state index in [4.69, 9.17) is 18.6 Å². The van der Waals surface area contributed by atoms with Crippen molar-refractivity contribution in [3.8, 4) is 0 Å². The molecule has 1 aromatic heterocycles. The normalized spacial score (nSPS) is 30.1. The molecular formula is C43H56O8SSi. The number of rotatable bonds is 13. The fraction of sp³-hybridized carbons (Fsp3) is 0.558. The fourth-order valence-electron chi connectivity index (χ4n) is 9.32. The van der Waals surface area contributed by atoms with Crippen LogP contribution in [-0.4, -0.2) is 59.0 Å². The van der Waals surface area contributed by atoms with Crippen LogP contribution >= 0.6 is 0 Å². The standard InChI is InChI=1S/C43H56O8SSi/c1-41(2,3)53(4,5)39-34-24-42(25-37(45)50-40(42)52(47)32-19-13-9-14-20-32)36-22-30(18-12-6-7-15-21-48-27-29-16-10-8-11-17-29)33-23-31(26-44)51-43(36,46)38(33)35(34)28-49-39/h8-11,13-14,16-17,19-20,22,28,30-31,33,38,40,44,46H,6-7,12,15,18,21,23-27H2,1-5H3/t30-,31?,33+,38+,40?,42-,43-,52?/m1/s1. The van der Waals surface area contributed by atoms with Crippen molar-refractivity contribution in [1.82, 2.24) is 0 Å². The van der Waals surface area contributed by atoms with Gasteiger partial charge in [-0.15, -0.1) is 0 Å². The molecule has 2 aliphatic heterocycles. The molecule has 0 radical (unpaired) electrons.